The summed E-state index contributed by atoms with van der Waals surface area (Å²) in [5.41, 5.74) is 0.709. The molecule has 2 heterocycles. The molecule has 9 nitrogen and oxygen atoms in total. The Kier molecular flexibility index (Phi) is 5.01. The van der Waals surface area contributed by atoms with Crippen molar-refractivity contribution >= 4 is 23.5 Å². The van der Waals surface area contributed by atoms with E-state index in [2.05, 4.69) is 26.1 Å². The predicted octanol–water partition coefficient (Wildman–Crippen LogP) is 2.36. The minimum Gasteiger partial charge on any atom is -0.421 e. The van der Waals surface area contributed by atoms with E-state index in [4.69, 9.17) is 4.42 Å². The smallest absolute Gasteiger partial charge is 0.322 e. The van der Waals surface area contributed by atoms with Crippen LogP contribution in [-0.2, 0) is 21.5 Å². The first-order chi connectivity index (χ1) is 14.4. The number of carbonyl (C=O) groups excluding carboxylic acids is 3. The van der Waals surface area contributed by atoms with Gasteiger partial charge in [-0.25, -0.2) is 4.79 Å². The van der Waals surface area contributed by atoms with E-state index < -0.39 is 17.5 Å². The lowest BCUT2D eigenvalue weighted by atomic mass is 9.92. The summed E-state index contributed by atoms with van der Waals surface area (Å²) >= 11 is 0. The highest BCUT2D eigenvalue weighted by Gasteiger charge is 2.43. The Morgan fingerprint density at radius 2 is 1.90 bits per heavy atom. The molecule has 1 fully saturated rings. The fourth-order valence-corrected chi connectivity index (χ4v) is 3.15. The minimum atomic E-state index is -1.19. The van der Waals surface area contributed by atoms with Crippen LogP contribution in [0.5, 0.6) is 0 Å². The van der Waals surface area contributed by atoms with Gasteiger partial charge in [-0.15, -0.1) is 10.2 Å². The minimum absolute atomic E-state index is 0.148. The summed E-state index contributed by atoms with van der Waals surface area (Å²) in [7, 11) is 0. The lowest BCUT2D eigenvalue weighted by Crippen LogP contribution is -2.40. The van der Waals surface area contributed by atoms with Crippen LogP contribution in [0.3, 0.4) is 0 Å². The van der Waals surface area contributed by atoms with Crippen molar-refractivity contribution in [2.75, 3.05) is 5.32 Å². The van der Waals surface area contributed by atoms with Crippen molar-refractivity contribution in [1.82, 2.24) is 20.8 Å². The largest absolute Gasteiger partial charge is 0.421 e. The Bertz CT molecular complexity index is 1110. The average Bonchev–Trinajstić information content (AvgIpc) is 3.32. The van der Waals surface area contributed by atoms with Gasteiger partial charge in [-0.05, 0) is 36.8 Å². The molecule has 152 valence electrons. The van der Waals surface area contributed by atoms with Crippen LogP contribution in [-0.4, -0.2) is 28.0 Å². The normalized spacial score (nSPS) is 18.0. The van der Waals surface area contributed by atoms with E-state index in [1.807, 2.05) is 30.3 Å². The number of benzene rings is 2. The molecule has 1 saturated heterocycles. The van der Waals surface area contributed by atoms with Crippen LogP contribution in [0.4, 0.5) is 10.5 Å². The van der Waals surface area contributed by atoms with E-state index in [9.17, 15) is 14.4 Å². The number of amides is 4. The maximum absolute atomic E-state index is 12.3. The number of urea groups is 1. The van der Waals surface area contributed by atoms with E-state index in [-0.39, 0.29) is 12.3 Å². The molecule has 4 rings (SSSR count). The summed E-state index contributed by atoms with van der Waals surface area (Å²) in [4.78, 5) is 35.9. The topological polar surface area (TPSA) is 126 Å². The Hall–Kier alpha value is -4.01. The van der Waals surface area contributed by atoms with Crippen LogP contribution in [0, 0.1) is 0 Å². The summed E-state index contributed by atoms with van der Waals surface area (Å²) in [6.45, 7) is 1.61. The van der Waals surface area contributed by atoms with E-state index in [0.717, 1.165) is 5.56 Å². The molecule has 30 heavy (non-hydrogen) atoms. The molecule has 0 aliphatic carbocycles. The number of hydrogen-bond donors (Lipinski definition) is 3. The first-order valence-electron chi connectivity index (χ1n) is 9.36. The molecule has 0 saturated carbocycles. The van der Waals surface area contributed by atoms with E-state index in [1.54, 1.807) is 31.2 Å². The lowest BCUT2D eigenvalue weighted by molar-refractivity contribution is -0.123. The van der Waals surface area contributed by atoms with Gasteiger partial charge in [0, 0.05) is 24.1 Å². The molecule has 4 amide bonds. The number of aryl methyl sites for hydroxylation is 1. The van der Waals surface area contributed by atoms with Gasteiger partial charge in [-0.3, -0.25) is 14.9 Å². The molecular formula is C21H19N5O4. The summed E-state index contributed by atoms with van der Waals surface area (Å²) in [5.74, 6) is 0.0951. The second kappa shape index (κ2) is 7.78. The number of hydrogen-bond acceptors (Lipinski definition) is 6. The van der Waals surface area contributed by atoms with E-state index >= 15 is 0 Å². The monoisotopic (exact) mass is 405 g/mol. The van der Waals surface area contributed by atoms with Crippen LogP contribution < -0.4 is 16.0 Å². The van der Waals surface area contributed by atoms with Crippen LogP contribution in [0.1, 0.15) is 24.8 Å². The average molecular weight is 405 g/mol. The number of aromatic nitrogens is 2. The van der Waals surface area contributed by atoms with Gasteiger partial charge in [0.1, 0.15) is 5.54 Å². The third kappa shape index (κ3) is 3.90. The summed E-state index contributed by atoms with van der Waals surface area (Å²) < 4.78 is 5.61. The number of nitrogens with zero attached hydrogens (tertiary/aromatic N) is 2. The maximum Gasteiger partial charge on any atom is 0.322 e. The quantitative estimate of drug-likeness (QED) is 0.541. The summed E-state index contributed by atoms with van der Waals surface area (Å²) in [6, 6.07) is 15.6. The standard InChI is InChI=1S/C21H19N5O4/c1-21(19(28)23-20(29)24-21)14-8-5-9-15(12-14)22-16(27)10-11-17-25-26-18(30-17)13-6-3-2-4-7-13/h2-9,12H,10-11H2,1H3,(H,22,27)(H2,23,24,28,29)/t21-/m0/s1. The predicted molar refractivity (Wildman–Crippen MR) is 107 cm³/mol. The van der Waals surface area contributed by atoms with Crippen molar-refractivity contribution in [1.29, 1.82) is 0 Å². The molecule has 1 aliphatic heterocycles. The molecule has 0 radical (unpaired) electrons. The van der Waals surface area contributed by atoms with Crippen molar-refractivity contribution in [2.45, 2.75) is 25.3 Å². The molecule has 0 unspecified atom stereocenters. The summed E-state index contributed by atoms with van der Waals surface area (Å²) in [5, 5.41) is 15.6. The van der Waals surface area contributed by atoms with Crippen molar-refractivity contribution in [3.63, 3.8) is 0 Å². The number of carbonyl (C=O) groups is 3. The second-order valence-electron chi connectivity index (χ2n) is 7.03. The Balaban J connectivity index is 1.38. The van der Waals surface area contributed by atoms with Gasteiger partial charge in [0.15, 0.2) is 0 Å². The number of rotatable bonds is 6. The third-order valence-electron chi connectivity index (χ3n) is 4.82. The SMILES string of the molecule is C[C@@]1(c2cccc(NC(=O)CCc3nnc(-c4ccccc4)o3)c2)NC(=O)NC1=O. The lowest BCUT2D eigenvalue weighted by Gasteiger charge is -2.21. The molecule has 0 spiro atoms. The van der Waals surface area contributed by atoms with Gasteiger partial charge in [-0.2, -0.15) is 0 Å². The third-order valence-corrected chi connectivity index (χ3v) is 4.82. The first kappa shape index (κ1) is 19.3. The molecule has 1 aromatic heterocycles. The molecule has 2 aromatic carbocycles. The first-order valence-corrected chi connectivity index (χ1v) is 9.36. The zero-order valence-corrected chi connectivity index (χ0v) is 16.1. The maximum atomic E-state index is 12.3. The van der Waals surface area contributed by atoms with Gasteiger partial charge >= 0.3 is 6.03 Å². The molecule has 1 atom stereocenters. The Morgan fingerprint density at radius 3 is 2.63 bits per heavy atom. The number of nitrogens with one attached hydrogen (secondary N) is 3. The zero-order chi connectivity index (χ0) is 21.1. The van der Waals surface area contributed by atoms with Gasteiger partial charge in [-0.1, -0.05) is 30.3 Å². The molecular weight excluding hydrogens is 386 g/mol. The van der Waals surface area contributed by atoms with Gasteiger partial charge < -0.3 is 15.1 Å². The van der Waals surface area contributed by atoms with Crippen molar-refractivity contribution < 1.29 is 18.8 Å². The van der Waals surface area contributed by atoms with Crippen LogP contribution >= 0.6 is 0 Å². The Labute approximate surface area is 171 Å². The highest BCUT2D eigenvalue weighted by Crippen LogP contribution is 2.26. The van der Waals surface area contributed by atoms with Crippen molar-refractivity contribution in [3.05, 3.63) is 66.1 Å². The van der Waals surface area contributed by atoms with Gasteiger partial charge in [0.2, 0.25) is 17.7 Å². The van der Waals surface area contributed by atoms with Crippen LogP contribution in [0.2, 0.25) is 0 Å². The van der Waals surface area contributed by atoms with Gasteiger partial charge in [0.05, 0.1) is 0 Å². The van der Waals surface area contributed by atoms with Crippen molar-refractivity contribution in [2.24, 2.45) is 0 Å². The molecule has 0 bridgehead atoms. The fraction of sp³-hybridized carbons (Fsp3) is 0.190. The zero-order valence-electron chi connectivity index (χ0n) is 16.1. The number of imide groups is 1. The van der Waals surface area contributed by atoms with E-state index in [0.29, 0.717) is 29.5 Å². The molecule has 3 N–H and O–H groups in total. The van der Waals surface area contributed by atoms with Gasteiger partial charge in [0.25, 0.3) is 5.91 Å². The molecule has 1 aliphatic rings. The highest BCUT2D eigenvalue weighted by molar-refractivity contribution is 6.07. The van der Waals surface area contributed by atoms with E-state index in [1.165, 1.54) is 0 Å². The fourth-order valence-electron chi connectivity index (χ4n) is 3.15. The Morgan fingerprint density at radius 1 is 1.10 bits per heavy atom. The van der Waals surface area contributed by atoms with Crippen LogP contribution in [0.25, 0.3) is 11.5 Å². The number of anilines is 1. The molecule has 3 aromatic rings. The molecule has 9 heteroatoms. The van der Waals surface area contributed by atoms with Crippen molar-refractivity contribution in [3.8, 4) is 11.5 Å². The second-order valence-corrected chi connectivity index (χ2v) is 7.03. The highest BCUT2D eigenvalue weighted by atomic mass is 16.4. The van der Waals surface area contributed by atoms with Crippen LogP contribution in [0.15, 0.2) is 59.0 Å². The summed E-state index contributed by atoms with van der Waals surface area (Å²) in [6.07, 6.45) is 0.441.